The van der Waals surface area contributed by atoms with Crippen molar-refractivity contribution in [3.63, 3.8) is 0 Å². The molecular formula is C21H23NO2. The number of ether oxygens (including phenoxy) is 1. The topological polar surface area (TPSA) is 55.5 Å². The molecule has 0 spiro atoms. The third-order valence-corrected chi connectivity index (χ3v) is 4.51. The first-order valence-corrected chi connectivity index (χ1v) is 8.08. The Labute approximate surface area is 142 Å². The molecule has 1 atom stereocenters. The number of aryl methyl sites for hydroxylation is 2. The minimum Gasteiger partial charge on any atom is -0.457 e. The summed E-state index contributed by atoms with van der Waals surface area (Å²) in [6.07, 6.45) is 0. The van der Waals surface area contributed by atoms with Gasteiger partial charge in [-0.05, 0) is 78.6 Å². The summed E-state index contributed by atoms with van der Waals surface area (Å²) in [5.74, 6) is 1.64. The van der Waals surface area contributed by atoms with Crippen molar-refractivity contribution >= 4 is 10.8 Å². The lowest BCUT2D eigenvalue weighted by molar-refractivity contribution is 0.210. The Morgan fingerprint density at radius 3 is 2.21 bits per heavy atom. The van der Waals surface area contributed by atoms with Crippen LogP contribution in [0, 0.1) is 13.8 Å². The lowest BCUT2D eigenvalue weighted by atomic mass is 9.92. The molecule has 0 saturated carbocycles. The average Bonchev–Trinajstić information content (AvgIpc) is 2.57. The van der Waals surface area contributed by atoms with E-state index in [0.29, 0.717) is 0 Å². The molecular weight excluding hydrogens is 298 g/mol. The van der Waals surface area contributed by atoms with E-state index in [1.165, 1.54) is 11.1 Å². The van der Waals surface area contributed by atoms with Crippen molar-refractivity contribution in [2.24, 2.45) is 5.73 Å². The van der Waals surface area contributed by atoms with E-state index in [2.05, 4.69) is 19.9 Å². The summed E-state index contributed by atoms with van der Waals surface area (Å²) < 4.78 is 5.98. The molecule has 0 bridgehead atoms. The zero-order valence-electron chi connectivity index (χ0n) is 14.3. The Morgan fingerprint density at radius 1 is 0.875 bits per heavy atom. The Hall–Kier alpha value is -2.36. The van der Waals surface area contributed by atoms with Gasteiger partial charge in [-0.2, -0.15) is 0 Å². The summed E-state index contributed by atoms with van der Waals surface area (Å²) >= 11 is 0. The maximum absolute atomic E-state index is 9.42. The van der Waals surface area contributed by atoms with Crippen LogP contribution in [0.2, 0.25) is 0 Å². The molecule has 0 heterocycles. The van der Waals surface area contributed by atoms with Crippen LogP contribution in [0.3, 0.4) is 0 Å². The lowest BCUT2D eigenvalue weighted by Crippen LogP contribution is -2.36. The summed E-state index contributed by atoms with van der Waals surface area (Å²) in [6, 6.07) is 18.1. The second-order valence-electron chi connectivity index (χ2n) is 6.65. The summed E-state index contributed by atoms with van der Waals surface area (Å²) in [5, 5.41) is 11.6. The maximum Gasteiger partial charge on any atom is 0.128 e. The van der Waals surface area contributed by atoms with Gasteiger partial charge in [-0.15, -0.1) is 0 Å². The van der Waals surface area contributed by atoms with E-state index in [1.807, 2.05) is 55.5 Å². The molecule has 124 valence electrons. The van der Waals surface area contributed by atoms with Crippen LogP contribution in [0.1, 0.15) is 23.6 Å². The standard InChI is InChI=1S/C21H23NO2/c1-14-4-8-19(10-15(14)2)24-20-9-6-16-11-18(21(3,22)13-23)7-5-17(16)12-20/h4-12,23H,13,22H2,1-3H3. The zero-order valence-corrected chi connectivity index (χ0v) is 14.3. The van der Waals surface area contributed by atoms with Crippen LogP contribution in [0.15, 0.2) is 54.6 Å². The number of fused-ring (bicyclic) bond motifs is 1. The van der Waals surface area contributed by atoms with Crippen molar-refractivity contribution in [3.05, 3.63) is 71.3 Å². The Morgan fingerprint density at radius 2 is 1.50 bits per heavy atom. The molecule has 0 aliphatic rings. The van der Waals surface area contributed by atoms with Crippen molar-refractivity contribution in [2.45, 2.75) is 26.3 Å². The van der Waals surface area contributed by atoms with Crippen LogP contribution in [0.25, 0.3) is 10.8 Å². The van der Waals surface area contributed by atoms with Crippen molar-refractivity contribution in [1.82, 2.24) is 0 Å². The highest BCUT2D eigenvalue weighted by Gasteiger charge is 2.19. The summed E-state index contributed by atoms with van der Waals surface area (Å²) in [4.78, 5) is 0. The highest BCUT2D eigenvalue weighted by molar-refractivity contribution is 5.84. The Balaban J connectivity index is 1.91. The number of aliphatic hydroxyl groups is 1. The zero-order chi connectivity index (χ0) is 17.3. The molecule has 0 aliphatic carbocycles. The third-order valence-electron chi connectivity index (χ3n) is 4.51. The van der Waals surface area contributed by atoms with Crippen LogP contribution in [0.4, 0.5) is 0 Å². The maximum atomic E-state index is 9.42. The van der Waals surface area contributed by atoms with Gasteiger partial charge < -0.3 is 15.6 Å². The molecule has 3 aromatic carbocycles. The summed E-state index contributed by atoms with van der Waals surface area (Å²) in [7, 11) is 0. The smallest absolute Gasteiger partial charge is 0.128 e. The van der Waals surface area contributed by atoms with Crippen molar-refractivity contribution in [1.29, 1.82) is 0 Å². The molecule has 3 N–H and O–H groups in total. The number of nitrogens with two attached hydrogens (primary N) is 1. The van der Waals surface area contributed by atoms with Gasteiger partial charge in [0.1, 0.15) is 11.5 Å². The summed E-state index contributed by atoms with van der Waals surface area (Å²) in [6.45, 7) is 5.90. The van der Waals surface area contributed by atoms with Crippen LogP contribution in [-0.2, 0) is 5.54 Å². The first kappa shape index (κ1) is 16.5. The molecule has 24 heavy (non-hydrogen) atoms. The molecule has 1 unspecified atom stereocenters. The van der Waals surface area contributed by atoms with Crippen LogP contribution in [-0.4, -0.2) is 11.7 Å². The van der Waals surface area contributed by atoms with Gasteiger partial charge in [-0.1, -0.05) is 24.3 Å². The van der Waals surface area contributed by atoms with Gasteiger partial charge in [0.25, 0.3) is 0 Å². The third kappa shape index (κ3) is 3.28. The van der Waals surface area contributed by atoms with E-state index in [1.54, 1.807) is 0 Å². The van der Waals surface area contributed by atoms with E-state index in [-0.39, 0.29) is 6.61 Å². The van der Waals surface area contributed by atoms with Gasteiger partial charge in [-0.3, -0.25) is 0 Å². The molecule has 3 aromatic rings. The molecule has 0 aliphatic heterocycles. The largest absolute Gasteiger partial charge is 0.457 e. The quantitative estimate of drug-likeness (QED) is 0.748. The van der Waals surface area contributed by atoms with Crippen LogP contribution < -0.4 is 10.5 Å². The predicted molar refractivity (Wildman–Crippen MR) is 98.6 cm³/mol. The van der Waals surface area contributed by atoms with Gasteiger partial charge in [-0.25, -0.2) is 0 Å². The number of rotatable bonds is 4. The van der Waals surface area contributed by atoms with E-state index in [9.17, 15) is 5.11 Å². The first-order valence-electron chi connectivity index (χ1n) is 8.08. The average molecular weight is 321 g/mol. The molecule has 0 aromatic heterocycles. The van der Waals surface area contributed by atoms with E-state index < -0.39 is 5.54 Å². The van der Waals surface area contributed by atoms with Crippen molar-refractivity contribution in [2.75, 3.05) is 6.61 Å². The van der Waals surface area contributed by atoms with Crippen molar-refractivity contribution < 1.29 is 9.84 Å². The van der Waals surface area contributed by atoms with Gasteiger partial charge in [0.2, 0.25) is 0 Å². The van der Waals surface area contributed by atoms with Crippen LogP contribution >= 0.6 is 0 Å². The van der Waals surface area contributed by atoms with Crippen molar-refractivity contribution in [3.8, 4) is 11.5 Å². The fourth-order valence-electron chi connectivity index (χ4n) is 2.65. The molecule has 3 rings (SSSR count). The Bertz CT molecular complexity index is 884. The molecule has 0 radical (unpaired) electrons. The number of hydrogen-bond acceptors (Lipinski definition) is 3. The lowest BCUT2D eigenvalue weighted by Gasteiger charge is -2.22. The minimum atomic E-state index is -0.733. The number of aliphatic hydroxyl groups excluding tert-OH is 1. The molecule has 0 saturated heterocycles. The highest BCUT2D eigenvalue weighted by atomic mass is 16.5. The highest BCUT2D eigenvalue weighted by Crippen LogP contribution is 2.29. The van der Waals surface area contributed by atoms with Gasteiger partial charge in [0, 0.05) is 0 Å². The fraction of sp³-hybridized carbons (Fsp3) is 0.238. The molecule has 0 amide bonds. The molecule has 3 nitrogen and oxygen atoms in total. The minimum absolute atomic E-state index is 0.0908. The number of benzene rings is 3. The fourth-order valence-corrected chi connectivity index (χ4v) is 2.65. The Kier molecular flexibility index (Phi) is 4.31. The molecule has 3 heteroatoms. The van der Waals surface area contributed by atoms with Gasteiger partial charge >= 0.3 is 0 Å². The van der Waals surface area contributed by atoms with Gasteiger partial charge in [0.05, 0.1) is 12.1 Å². The predicted octanol–water partition coefficient (Wildman–Crippen LogP) is 4.42. The van der Waals surface area contributed by atoms with Gasteiger partial charge in [0.15, 0.2) is 0 Å². The SMILES string of the molecule is Cc1ccc(Oc2ccc3cc(C(C)(N)CO)ccc3c2)cc1C. The van der Waals surface area contributed by atoms with E-state index in [0.717, 1.165) is 27.8 Å². The second-order valence-corrected chi connectivity index (χ2v) is 6.65. The van der Waals surface area contributed by atoms with E-state index >= 15 is 0 Å². The number of hydrogen-bond donors (Lipinski definition) is 2. The monoisotopic (exact) mass is 321 g/mol. The normalized spacial score (nSPS) is 13.7. The first-order chi connectivity index (χ1) is 11.4. The summed E-state index contributed by atoms with van der Waals surface area (Å²) in [5.41, 5.74) is 8.76. The van der Waals surface area contributed by atoms with Crippen LogP contribution in [0.5, 0.6) is 11.5 Å². The molecule has 0 fully saturated rings. The second kappa shape index (κ2) is 6.27. The van der Waals surface area contributed by atoms with E-state index in [4.69, 9.17) is 10.5 Å².